The molecule has 2 aromatic rings. The third-order valence-corrected chi connectivity index (χ3v) is 8.22. The number of aldehydes is 1. The van der Waals surface area contributed by atoms with Crippen molar-refractivity contribution in [1.82, 2.24) is 4.90 Å². The van der Waals surface area contributed by atoms with E-state index in [-0.39, 0.29) is 19.4 Å². The molecule has 1 aliphatic rings. The highest BCUT2D eigenvalue weighted by Gasteiger charge is 2.41. The number of esters is 1. The second-order valence-corrected chi connectivity index (χ2v) is 11.8. The zero-order chi connectivity index (χ0) is 33.1. The second-order valence-electron chi connectivity index (χ2n) is 11.8. The topological polar surface area (TPSA) is 156 Å². The smallest absolute Gasteiger partial charge is 0.329 e. The van der Waals surface area contributed by atoms with Crippen molar-refractivity contribution in [2.45, 2.75) is 84.3 Å². The van der Waals surface area contributed by atoms with Gasteiger partial charge in [-0.3, -0.25) is 24.0 Å². The Kier molecular flexibility index (Phi) is 12.4. The molecule has 0 aliphatic carbocycles. The molecule has 0 aromatic heterocycles. The summed E-state index contributed by atoms with van der Waals surface area (Å²) >= 11 is 0. The maximum absolute atomic E-state index is 13.7. The normalized spacial score (nSPS) is 15.5. The molecule has 45 heavy (non-hydrogen) atoms. The lowest BCUT2D eigenvalue weighted by atomic mass is 9.84. The molecule has 11 nitrogen and oxygen atoms in total. The molecule has 1 heterocycles. The number of methoxy groups -OCH3 is 1. The summed E-state index contributed by atoms with van der Waals surface area (Å²) in [6.45, 7) is 5.53. The second kappa shape index (κ2) is 16.0. The molecule has 2 N–H and O–H groups in total. The Bertz CT molecular complexity index is 1420. The number of hydrogen-bond donors (Lipinski definition) is 2. The number of piperidine rings is 1. The summed E-state index contributed by atoms with van der Waals surface area (Å²) in [4.78, 5) is 75.9. The third kappa shape index (κ3) is 9.47. The van der Waals surface area contributed by atoms with Gasteiger partial charge in [0, 0.05) is 24.1 Å². The van der Waals surface area contributed by atoms with Crippen LogP contribution in [0.25, 0.3) is 0 Å². The molecule has 11 heteroatoms. The number of Topliss-reactive ketones (excluding diaryl/α,β-unsaturated/α-hetero) is 1. The molecule has 2 atom stereocenters. The maximum Gasteiger partial charge on any atom is 0.329 e. The number of benzene rings is 2. The van der Waals surface area contributed by atoms with Gasteiger partial charge in [-0.25, -0.2) is 4.79 Å². The quantitative estimate of drug-likeness (QED) is 0.160. The van der Waals surface area contributed by atoms with E-state index >= 15 is 0 Å². The lowest BCUT2D eigenvalue weighted by Crippen LogP contribution is -2.53. The van der Waals surface area contributed by atoms with Crippen LogP contribution in [-0.4, -0.2) is 65.5 Å². The number of aryl methyl sites for hydroxylation is 1. The van der Waals surface area contributed by atoms with Gasteiger partial charge in [0.05, 0.1) is 19.1 Å². The van der Waals surface area contributed by atoms with Crippen molar-refractivity contribution in [2.75, 3.05) is 19.0 Å². The van der Waals surface area contributed by atoms with Crippen molar-refractivity contribution in [1.29, 1.82) is 0 Å². The van der Waals surface area contributed by atoms with Crippen LogP contribution < -0.4 is 10.1 Å². The molecule has 0 radical (unpaired) electrons. The average molecular weight is 623 g/mol. The van der Waals surface area contributed by atoms with Gasteiger partial charge in [0.2, 0.25) is 11.7 Å². The van der Waals surface area contributed by atoms with E-state index in [1.165, 1.54) is 12.0 Å². The fraction of sp³-hybridized carbons (Fsp3) is 0.471. The highest BCUT2D eigenvalue weighted by Crippen LogP contribution is 2.31. The molecule has 1 aliphatic heterocycles. The van der Waals surface area contributed by atoms with Crippen molar-refractivity contribution in [3.05, 3.63) is 59.2 Å². The van der Waals surface area contributed by atoms with Crippen LogP contribution in [0, 0.1) is 5.41 Å². The minimum absolute atomic E-state index is 0.199. The first kappa shape index (κ1) is 34.9. The molecular formula is C34H42N2O9. The molecule has 0 unspecified atom stereocenters. The monoisotopic (exact) mass is 622 g/mol. The predicted octanol–water partition coefficient (Wildman–Crippen LogP) is 4.91. The van der Waals surface area contributed by atoms with E-state index < -0.39 is 47.1 Å². The van der Waals surface area contributed by atoms with Crippen molar-refractivity contribution in [3.63, 3.8) is 0 Å². The molecule has 2 amide bonds. The van der Waals surface area contributed by atoms with Gasteiger partial charge in [0.1, 0.15) is 17.9 Å². The average Bonchev–Trinajstić information content (AvgIpc) is 3.04. The van der Waals surface area contributed by atoms with Gasteiger partial charge in [-0.15, -0.1) is 0 Å². The van der Waals surface area contributed by atoms with Gasteiger partial charge in [-0.05, 0) is 73.9 Å². The number of carboxylic acid groups (broad SMARTS) is 1. The Morgan fingerprint density at radius 2 is 1.84 bits per heavy atom. The van der Waals surface area contributed by atoms with Crippen LogP contribution >= 0.6 is 0 Å². The SMILES string of the molecule is CCC(C)(C)C(=O)C(=O)N1CCCC[C@H]1C(=O)O[C@H](CCc1ccc(C=O)c(OC)c1)c1cccc(NC(=O)CCC(=O)O)c1. The molecule has 1 saturated heterocycles. The minimum atomic E-state index is -1.08. The number of hydrogen-bond acceptors (Lipinski definition) is 8. The van der Waals surface area contributed by atoms with Crippen LogP contribution in [0.1, 0.15) is 93.3 Å². The molecule has 0 bridgehead atoms. The number of nitrogens with zero attached hydrogens (tertiary/aromatic N) is 1. The number of aliphatic carboxylic acids is 1. The number of amides is 2. The van der Waals surface area contributed by atoms with Crippen LogP contribution in [0.2, 0.25) is 0 Å². The van der Waals surface area contributed by atoms with E-state index in [0.717, 1.165) is 5.56 Å². The van der Waals surface area contributed by atoms with E-state index in [1.54, 1.807) is 56.3 Å². The minimum Gasteiger partial charge on any atom is -0.496 e. The first-order valence-electron chi connectivity index (χ1n) is 15.2. The van der Waals surface area contributed by atoms with Gasteiger partial charge in [0.15, 0.2) is 6.29 Å². The van der Waals surface area contributed by atoms with Gasteiger partial charge >= 0.3 is 11.9 Å². The van der Waals surface area contributed by atoms with Crippen molar-refractivity contribution in [3.8, 4) is 5.75 Å². The van der Waals surface area contributed by atoms with Crippen molar-refractivity contribution >= 4 is 41.5 Å². The van der Waals surface area contributed by atoms with Crippen LogP contribution in [0.3, 0.4) is 0 Å². The molecule has 0 spiro atoms. The molecular weight excluding hydrogens is 580 g/mol. The molecule has 1 fully saturated rings. The molecule has 0 saturated carbocycles. The Morgan fingerprint density at radius 3 is 2.51 bits per heavy atom. The Labute approximate surface area is 263 Å². The summed E-state index contributed by atoms with van der Waals surface area (Å²) in [6.07, 6.45) is 2.34. The lowest BCUT2D eigenvalue weighted by Gasteiger charge is -2.36. The first-order valence-corrected chi connectivity index (χ1v) is 15.2. The summed E-state index contributed by atoms with van der Waals surface area (Å²) in [7, 11) is 1.47. The number of carbonyl (C=O) groups is 6. The predicted molar refractivity (Wildman–Crippen MR) is 166 cm³/mol. The van der Waals surface area contributed by atoms with Crippen molar-refractivity contribution < 1.29 is 43.3 Å². The van der Waals surface area contributed by atoms with Crippen LogP contribution in [-0.2, 0) is 35.1 Å². The lowest BCUT2D eigenvalue weighted by molar-refractivity contribution is -0.164. The number of rotatable bonds is 15. The fourth-order valence-corrected chi connectivity index (χ4v) is 5.08. The summed E-state index contributed by atoms with van der Waals surface area (Å²) in [6, 6.07) is 11.0. The summed E-state index contributed by atoms with van der Waals surface area (Å²) < 4.78 is 11.4. The van der Waals surface area contributed by atoms with Crippen LogP contribution in [0.4, 0.5) is 5.69 Å². The highest BCUT2D eigenvalue weighted by molar-refractivity contribution is 6.38. The van der Waals surface area contributed by atoms with E-state index in [0.29, 0.717) is 67.4 Å². The van der Waals surface area contributed by atoms with Crippen LogP contribution in [0.5, 0.6) is 5.75 Å². The van der Waals surface area contributed by atoms with Gasteiger partial charge in [0.25, 0.3) is 5.91 Å². The Balaban J connectivity index is 1.88. The van der Waals surface area contributed by atoms with Gasteiger partial charge in [-0.2, -0.15) is 0 Å². The standard InChI is InChI=1S/C34H42N2O9/c1-5-34(2,3)31(41)32(42)36-18-7-6-11-26(36)33(43)45-27(15-13-22-12-14-24(21-37)28(19-22)44-4)23-9-8-10-25(20-23)35-29(38)16-17-30(39)40/h8-10,12,14,19-21,26-27H,5-7,11,13,15-18H2,1-4H3,(H,35,38)(H,39,40)/t26-,27+/m0/s1. The number of nitrogens with one attached hydrogen (secondary N) is 1. The van der Waals surface area contributed by atoms with Gasteiger partial charge < -0.3 is 24.8 Å². The number of ether oxygens (including phenoxy) is 2. The third-order valence-electron chi connectivity index (χ3n) is 8.22. The van der Waals surface area contributed by atoms with E-state index in [2.05, 4.69) is 5.32 Å². The zero-order valence-corrected chi connectivity index (χ0v) is 26.3. The zero-order valence-electron chi connectivity index (χ0n) is 26.3. The Hall–Kier alpha value is -4.54. The van der Waals surface area contributed by atoms with E-state index in [4.69, 9.17) is 14.6 Å². The fourth-order valence-electron chi connectivity index (χ4n) is 5.08. The number of likely N-dealkylation sites (tertiary alicyclic amines) is 1. The largest absolute Gasteiger partial charge is 0.496 e. The molecule has 242 valence electrons. The maximum atomic E-state index is 13.7. The summed E-state index contributed by atoms with van der Waals surface area (Å²) in [5, 5.41) is 11.6. The van der Waals surface area contributed by atoms with E-state index in [9.17, 15) is 28.8 Å². The number of carboxylic acids is 1. The number of ketones is 1. The highest BCUT2D eigenvalue weighted by atomic mass is 16.5. The van der Waals surface area contributed by atoms with Crippen molar-refractivity contribution in [2.24, 2.45) is 5.41 Å². The first-order chi connectivity index (χ1) is 21.4. The summed E-state index contributed by atoms with van der Waals surface area (Å²) in [5.74, 6) is -2.99. The summed E-state index contributed by atoms with van der Waals surface area (Å²) in [5.41, 5.74) is 1.36. The van der Waals surface area contributed by atoms with E-state index in [1.807, 2.05) is 6.92 Å². The Morgan fingerprint density at radius 1 is 1.09 bits per heavy atom. The molecule has 2 aromatic carbocycles. The number of carbonyl (C=O) groups excluding carboxylic acids is 5. The molecule has 3 rings (SSSR count). The van der Waals surface area contributed by atoms with Gasteiger partial charge in [-0.1, -0.05) is 39.0 Å². The van der Waals surface area contributed by atoms with Crippen LogP contribution in [0.15, 0.2) is 42.5 Å². The number of anilines is 1.